The number of hydrogen-bond acceptors (Lipinski definition) is 5. The van der Waals surface area contributed by atoms with E-state index in [-0.39, 0.29) is 5.91 Å². The fourth-order valence-corrected chi connectivity index (χ4v) is 3.04. The minimum atomic E-state index is -0.997. The molecule has 0 spiro atoms. The van der Waals surface area contributed by atoms with E-state index in [1.165, 1.54) is 23.5 Å². The number of amides is 1. The Morgan fingerprint density at radius 3 is 2.54 bits per heavy atom. The fraction of sp³-hybridized carbons (Fsp3) is 0.100. The first kappa shape index (κ1) is 17.8. The second kappa shape index (κ2) is 8.94. The van der Waals surface area contributed by atoms with Gasteiger partial charge in [0.05, 0.1) is 0 Å². The van der Waals surface area contributed by atoms with E-state index in [0.29, 0.717) is 12.4 Å². The van der Waals surface area contributed by atoms with Gasteiger partial charge in [-0.2, -0.15) is 0 Å². The molecule has 3 N–H and O–H groups in total. The van der Waals surface area contributed by atoms with Crippen LogP contribution in [0.2, 0.25) is 0 Å². The van der Waals surface area contributed by atoms with Gasteiger partial charge < -0.3 is 15.7 Å². The molecule has 0 aliphatic carbocycles. The Kier molecular flexibility index (Phi) is 6.14. The van der Waals surface area contributed by atoms with Crippen LogP contribution >= 0.6 is 11.3 Å². The van der Waals surface area contributed by atoms with Crippen LogP contribution in [-0.4, -0.2) is 22.2 Å². The van der Waals surface area contributed by atoms with Gasteiger partial charge in [-0.25, -0.2) is 4.98 Å². The van der Waals surface area contributed by atoms with Crippen LogP contribution in [0, 0.1) is 0 Å². The fourth-order valence-electron chi connectivity index (χ4n) is 2.28. The van der Waals surface area contributed by atoms with Crippen molar-refractivity contribution in [2.75, 3.05) is 5.32 Å². The Balaban J connectivity index is 1.49. The number of nitrogens with zero attached hydrogens (tertiary/aromatic N) is 1. The summed E-state index contributed by atoms with van der Waals surface area (Å²) in [6, 6.07) is 19.5. The predicted octanol–water partition coefficient (Wildman–Crippen LogP) is 3.41. The summed E-state index contributed by atoms with van der Waals surface area (Å²) >= 11 is 1.49. The maximum atomic E-state index is 11.8. The summed E-state index contributed by atoms with van der Waals surface area (Å²) in [5.41, 5.74) is 2.04. The first-order valence-electron chi connectivity index (χ1n) is 8.16. The highest BCUT2D eigenvalue weighted by molar-refractivity contribution is 7.13. The second-order valence-electron chi connectivity index (χ2n) is 5.56. The number of benzene rings is 2. The summed E-state index contributed by atoms with van der Waals surface area (Å²) in [5.74, 6) is 0.300. The number of carbonyl (C=O) groups is 1. The third-order valence-corrected chi connectivity index (χ3v) is 4.45. The van der Waals surface area contributed by atoms with E-state index < -0.39 is 6.23 Å². The normalized spacial score (nSPS) is 12.0. The Morgan fingerprint density at radius 2 is 1.81 bits per heavy atom. The molecule has 1 heterocycles. The van der Waals surface area contributed by atoms with E-state index in [2.05, 4.69) is 15.6 Å². The molecular weight excluding hydrogens is 346 g/mol. The number of aliphatic hydroxyl groups is 1. The molecule has 0 fully saturated rings. The van der Waals surface area contributed by atoms with E-state index >= 15 is 0 Å². The van der Waals surface area contributed by atoms with Gasteiger partial charge in [-0.1, -0.05) is 60.7 Å². The number of nitrogens with one attached hydrogen (secondary N) is 2. The minimum absolute atomic E-state index is 0.266. The maximum Gasteiger partial charge on any atom is 0.244 e. The molecule has 132 valence electrons. The van der Waals surface area contributed by atoms with Crippen LogP contribution in [0.1, 0.15) is 5.56 Å². The molecule has 5 nitrogen and oxygen atoms in total. The highest BCUT2D eigenvalue weighted by Gasteiger charge is 2.07. The van der Waals surface area contributed by atoms with E-state index in [1.54, 1.807) is 0 Å². The van der Waals surface area contributed by atoms with Gasteiger partial charge in [-0.15, -0.1) is 11.3 Å². The summed E-state index contributed by atoms with van der Waals surface area (Å²) in [7, 11) is 0. The van der Waals surface area contributed by atoms with Crippen molar-refractivity contribution in [2.24, 2.45) is 0 Å². The number of carbonyl (C=O) groups excluding carboxylic acids is 1. The number of aliphatic hydroxyl groups excluding tert-OH is 1. The molecule has 0 radical (unpaired) electrons. The Bertz CT molecular complexity index is 863. The first-order chi connectivity index (χ1) is 12.7. The lowest BCUT2D eigenvalue weighted by Gasteiger charge is -2.07. The third kappa shape index (κ3) is 5.27. The molecule has 0 bridgehead atoms. The molecule has 1 amide bonds. The van der Waals surface area contributed by atoms with Gasteiger partial charge in [-0.3, -0.25) is 4.79 Å². The first-order valence-corrected chi connectivity index (χ1v) is 9.04. The van der Waals surface area contributed by atoms with E-state index in [0.717, 1.165) is 16.1 Å². The predicted molar refractivity (Wildman–Crippen MR) is 105 cm³/mol. The van der Waals surface area contributed by atoms with Crippen LogP contribution in [0.3, 0.4) is 0 Å². The second-order valence-corrected chi connectivity index (χ2v) is 6.41. The zero-order valence-corrected chi connectivity index (χ0v) is 14.8. The van der Waals surface area contributed by atoms with Gasteiger partial charge >= 0.3 is 0 Å². The average molecular weight is 365 g/mol. The molecule has 1 unspecified atom stereocenters. The number of rotatable bonds is 7. The zero-order valence-electron chi connectivity index (χ0n) is 14.0. The summed E-state index contributed by atoms with van der Waals surface area (Å²) in [6.45, 7) is 0.445. The lowest BCUT2D eigenvalue weighted by molar-refractivity contribution is -0.116. The average Bonchev–Trinajstić information content (AvgIpc) is 3.15. The van der Waals surface area contributed by atoms with Gasteiger partial charge in [-0.05, 0) is 11.6 Å². The van der Waals surface area contributed by atoms with E-state index in [1.807, 2.05) is 66.0 Å². The smallest absolute Gasteiger partial charge is 0.244 e. The standard InChI is InChI=1S/C20H19N3O2S/c24-18(21-13-15-7-3-1-4-8-15)11-12-19(25)22-17-14-26-20(23-17)16-9-5-2-6-10-16/h1-12,14,19,22,25H,13H2,(H,21,24)/b12-11+. The molecule has 3 rings (SSSR count). The van der Waals surface area contributed by atoms with E-state index in [4.69, 9.17) is 0 Å². The molecule has 1 aromatic heterocycles. The van der Waals surface area contributed by atoms with Crippen molar-refractivity contribution in [3.05, 3.63) is 83.8 Å². The molecule has 0 saturated heterocycles. The molecular formula is C20H19N3O2S. The van der Waals surface area contributed by atoms with Crippen LogP contribution in [0.4, 0.5) is 5.82 Å². The number of thiazole rings is 1. The quantitative estimate of drug-likeness (QED) is 0.443. The summed E-state index contributed by atoms with van der Waals surface area (Å²) in [4.78, 5) is 16.2. The summed E-state index contributed by atoms with van der Waals surface area (Å²) in [5, 5.41) is 18.3. The largest absolute Gasteiger partial charge is 0.370 e. The molecule has 0 saturated carbocycles. The van der Waals surface area contributed by atoms with E-state index in [9.17, 15) is 9.90 Å². The topological polar surface area (TPSA) is 74.2 Å². The molecule has 6 heteroatoms. The molecule has 0 aliphatic rings. The van der Waals surface area contributed by atoms with Crippen LogP contribution in [0.15, 0.2) is 78.2 Å². The van der Waals surface area contributed by atoms with Gasteiger partial charge in [0.25, 0.3) is 0 Å². The molecule has 26 heavy (non-hydrogen) atoms. The van der Waals surface area contributed by atoms with Crippen LogP contribution < -0.4 is 10.6 Å². The Labute approximate surface area is 156 Å². The molecule has 3 aromatic rings. The highest BCUT2D eigenvalue weighted by atomic mass is 32.1. The van der Waals surface area contributed by atoms with Crippen LogP contribution in [-0.2, 0) is 11.3 Å². The third-order valence-electron chi connectivity index (χ3n) is 3.56. The van der Waals surface area contributed by atoms with Crippen molar-refractivity contribution in [1.82, 2.24) is 10.3 Å². The molecule has 0 aliphatic heterocycles. The van der Waals surface area contributed by atoms with Gasteiger partial charge in [0.2, 0.25) is 5.91 Å². The van der Waals surface area contributed by atoms with Crippen LogP contribution in [0.25, 0.3) is 10.6 Å². The van der Waals surface area contributed by atoms with Gasteiger partial charge in [0, 0.05) is 23.6 Å². The van der Waals surface area contributed by atoms with Gasteiger partial charge in [0.1, 0.15) is 17.1 Å². The number of anilines is 1. The van der Waals surface area contributed by atoms with Crippen molar-refractivity contribution in [1.29, 1.82) is 0 Å². The highest BCUT2D eigenvalue weighted by Crippen LogP contribution is 2.25. The SMILES string of the molecule is O=C(/C=C/C(O)Nc1csc(-c2ccccc2)n1)NCc1ccccc1. The lowest BCUT2D eigenvalue weighted by atomic mass is 10.2. The van der Waals surface area contributed by atoms with Crippen LogP contribution in [0.5, 0.6) is 0 Å². The number of hydrogen-bond donors (Lipinski definition) is 3. The van der Waals surface area contributed by atoms with Crippen molar-refractivity contribution in [3.8, 4) is 10.6 Å². The van der Waals surface area contributed by atoms with Crippen molar-refractivity contribution >= 4 is 23.1 Å². The van der Waals surface area contributed by atoms with Gasteiger partial charge in [0.15, 0.2) is 0 Å². The lowest BCUT2D eigenvalue weighted by Crippen LogP contribution is -2.22. The monoisotopic (exact) mass is 365 g/mol. The van der Waals surface area contributed by atoms with Crippen molar-refractivity contribution in [3.63, 3.8) is 0 Å². The van der Waals surface area contributed by atoms with Crippen molar-refractivity contribution in [2.45, 2.75) is 12.8 Å². The molecule has 1 atom stereocenters. The molecule has 2 aromatic carbocycles. The summed E-state index contributed by atoms with van der Waals surface area (Å²) in [6.07, 6.45) is 1.70. The minimum Gasteiger partial charge on any atom is -0.370 e. The van der Waals surface area contributed by atoms with Crippen molar-refractivity contribution < 1.29 is 9.90 Å². The Hall–Kier alpha value is -2.96. The summed E-state index contributed by atoms with van der Waals surface area (Å²) < 4.78 is 0. The zero-order chi connectivity index (χ0) is 18.2. The Morgan fingerprint density at radius 1 is 1.12 bits per heavy atom. The maximum absolute atomic E-state index is 11.8. The number of aromatic nitrogens is 1.